The van der Waals surface area contributed by atoms with E-state index in [0.717, 1.165) is 18.7 Å². The standard InChI is InChI=1S/C16H28N2O/c1-6-18(13(2)12-17(4)5)14(3)16(19)15-10-8-7-9-11-15/h7-11,13-14,16,19H,6,12H2,1-5H3. The molecule has 0 amide bonds. The van der Waals surface area contributed by atoms with Crippen LogP contribution < -0.4 is 0 Å². The highest BCUT2D eigenvalue weighted by atomic mass is 16.3. The predicted molar refractivity (Wildman–Crippen MR) is 81.3 cm³/mol. The maximum atomic E-state index is 10.5. The molecule has 3 nitrogen and oxygen atoms in total. The number of rotatable bonds is 7. The number of nitrogens with zero attached hydrogens (tertiary/aromatic N) is 2. The molecule has 0 aromatic heterocycles. The molecule has 0 saturated carbocycles. The zero-order chi connectivity index (χ0) is 14.4. The lowest BCUT2D eigenvalue weighted by Crippen LogP contribution is -2.47. The van der Waals surface area contributed by atoms with Crippen molar-refractivity contribution >= 4 is 0 Å². The van der Waals surface area contributed by atoms with Gasteiger partial charge in [-0.3, -0.25) is 4.90 Å². The summed E-state index contributed by atoms with van der Waals surface area (Å²) < 4.78 is 0. The van der Waals surface area contributed by atoms with Crippen LogP contribution >= 0.6 is 0 Å². The van der Waals surface area contributed by atoms with Gasteiger partial charge in [-0.2, -0.15) is 0 Å². The number of benzene rings is 1. The third-order valence-electron chi connectivity index (χ3n) is 3.68. The van der Waals surface area contributed by atoms with E-state index in [1.165, 1.54) is 0 Å². The predicted octanol–water partition coefficient (Wildman–Crippen LogP) is 2.38. The van der Waals surface area contributed by atoms with Gasteiger partial charge in [-0.15, -0.1) is 0 Å². The topological polar surface area (TPSA) is 26.7 Å². The molecular formula is C16H28N2O. The van der Waals surface area contributed by atoms with Gasteiger partial charge in [0.05, 0.1) is 6.10 Å². The largest absolute Gasteiger partial charge is 0.387 e. The Morgan fingerprint density at radius 3 is 2.16 bits per heavy atom. The summed E-state index contributed by atoms with van der Waals surface area (Å²) in [4.78, 5) is 4.55. The Morgan fingerprint density at radius 1 is 1.11 bits per heavy atom. The molecule has 108 valence electrons. The monoisotopic (exact) mass is 264 g/mol. The number of aliphatic hydroxyl groups excluding tert-OH is 1. The van der Waals surface area contributed by atoms with Crippen LogP contribution in [0.4, 0.5) is 0 Å². The van der Waals surface area contributed by atoms with E-state index < -0.39 is 6.10 Å². The quantitative estimate of drug-likeness (QED) is 0.819. The normalized spacial score (nSPS) is 16.6. The first kappa shape index (κ1) is 16.2. The Hall–Kier alpha value is -0.900. The minimum absolute atomic E-state index is 0.113. The lowest BCUT2D eigenvalue weighted by molar-refractivity contribution is 0.0329. The van der Waals surface area contributed by atoms with Crippen molar-refractivity contribution in [1.82, 2.24) is 9.80 Å². The van der Waals surface area contributed by atoms with Crippen LogP contribution in [-0.2, 0) is 0 Å². The van der Waals surface area contributed by atoms with Crippen LogP contribution in [0.1, 0.15) is 32.4 Å². The average molecular weight is 264 g/mol. The van der Waals surface area contributed by atoms with Gasteiger partial charge in [-0.1, -0.05) is 37.3 Å². The second kappa shape index (κ2) is 7.63. The first-order valence-corrected chi connectivity index (χ1v) is 7.10. The highest BCUT2D eigenvalue weighted by Crippen LogP contribution is 2.22. The molecule has 0 saturated heterocycles. The van der Waals surface area contributed by atoms with Crippen LogP contribution in [0, 0.1) is 0 Å². The Kier molecular flexibility index (Phi) is 6.49. The maximum absolute atomic E-state index is 10.5. The summed E-state index contributed by atoms with van der Waals surface area (Å²) >= 11 is 0. The van der Waals surface area contributed by atoms with E-state index in [4.69, 9.17) is 0 Å². The third-order valence-corrected chi connectivity index (χ3v) is 3.68. The fourth-order valence-electron chi connectivity index (χ4n) is 2.74. The Labute approximate surface area is 117 Å². The zero-order valence-corrected chi connectivity index (χ0v) is 12.9. The van der Waals surface area contributed by atoms with Crippen LogP contribution in [0.3, 0.4) is 0 Å². The molecule has 0 aliphatic rings. The van der Waals surface area contributed by atoms with Gasteiger partial charge in [0.1, 0.15) is 0 Å². The molecule has 0 aliphatic carbocycles. The molecule has 0 radical (unpaired) electrons. The maximum Gasteiger partial charge on any atom is 0.0942 e. The zero-order valence-electron chi connectivity index (χ0n) is 12.9. The van der Waals surface area contributed by atoms with Gasteiger partial charge >= 0.3 is 0 Å². The molecular weight excluding hydrogens is 236 g/mol. The Bertz CT molecular complexity index is 353. The SMILES string of the molecule is CCN(C(C)CN(C)C)C(C)C(O)c1ccccc1. The lowest BCUT2D eigenvalue weighted by atomic mass is 10.0. The van der Waals surface area contributed by atoms with Crippen LogP contribution in [0.15, 0.2) is 30.3 Å². The van der Waals surface area contributed by atoms with E-state index in [1.807, 2.05) is 30.3 Å². The van der Waals surface area contributed by atoms with Crippen molar-refractivity contribution in [2.75, 3.05) is 27.2 Å². The van der Waals surface area contributed by atoms with Gasteiger partial charge in [0.15, 0.2) is 0 Å². The summed E-state index contributed by atoms with van der Waals surface area (Å²) in [5.41, 5.74) is 0.991. The highest BCUT2D eigenvalue weighted by Gasteiger charge is 2.25. The fraction of sp³-hybridized carbons (Fsp3) is 0.625. The van der Waals surface area contributed by atoms with Crippen LogP contribution in [0.5, 0.6) is 0 Å². The van der Waals surface area contributed by atoms with Crippen LogP contribution in [-0.4, -0.2) is 54.2 Å². The second-order valence-electron chi connectivity index (χ2n) is 5.54. The van der Waals surface area contributed by atoms with Crippen LogP contribution in [0.25, 0.3) is 0 Å². The minimum Gasteiger partial charge on any atom is -0.387 e. The lowest BCUT2D eigenvalue weighted by Gasteiger charge is -2.37. The minimum atomic E-state index is -0.439. The number of aliphatic hydroxyl groups is 1. The summed E-state index contributed by atoms with van der Waals surface area (Å²) in [6.07, 6.45) is -0.439. The fourth-order valence-corrected chi connectivity index (χ4v) is 2.74. The molecule has 1 aromatic rings. The average Bonchev–Trinajstić information content (AvgIpc) is 2.38. The van der Waals surface area contributed by atoms with E-state index in [9.17, 15) is 5.11 Å². The van der Waals surface area contributed by atoms with Crippen molar-refractivity contribution in [3.63, 3.8) is 0 Å². The molecule has 1 rings (SSSR count). The molecule has 0 heterocycles. The summed E-state index contributed by atoms with van der Waals surface area (Å²) in [7, 11) is 4.17. The first-order chi connectivity index (χ1) is 8.97. The molecule has 1 N–H and O–H groups in total. The van der Waals surface area contributed by atoms with E-state index in [2.05, 4.69) is 44.7 Å². The van der Waals surface area contributed by atoms with Crippen molar-refractivity contribution in [1.29, 1.82) is 0 Å². The molecule has 1 aromatic carbocycles. The summed E-state index contributed by atoms with van der Waals surface area (Å²) in [6.45, 7) is 8.42. The molecule has 0 fully saturated rings. The van der Waals surface area contributed by atoms with Crippen molar-refractivity contribution in [2.45, 2.75) is 39.0 Å². The summed E-state index contributed by atoms with van der Waals surface area (Å²) in [5.74, 6) is 0. The number of likely N-dealkylation sites (N-methyl/N-ethyl adjacent to an activating group) is 2. The molecule has 3 heteroatoms. The van der Waals surface area contributed by atoms with E-state index >= 15 is 0 Å². The second-order valence-corrected chi connectivity index (χ2v) is 5.54. The molecule has 0 bridgehead atoms. The van der Waals surface area contributed by atoms with Gasteiger partial charge < -0.3 is 10.0 Å². The van der Waals surface area contributed by atoms with Crippen molar-refractivity contribution in [3.8, 4) is 0 Å². The van der Waals surface area contributed by atoms with Gasteiger partial charge in [0.25, 0.3) is 0 Å². The Balaban J connectivity index is 2.75. The number of hydrogen-bond acceptors (Lipinski definition) is 3. The first-order valence-electron chi connectivity index (χ1n) is 7.10. The smallest absolute Gasteiger partial charge is 0.0942 e. The van der Waals surface area contributed by atoms with Gasteiger partial charge in [-0.05, 0) is 40.1 Å². The van der Waals surface area contributed by atoms with Crippen molar-refractivity contribution in [2.24, 2.45) is 0 Å². The molecule has 3 atom stereocenters. The van der Waals surface area contributed by atoms with Gasteiger partial charge in [0, 0.05) is 18.6 Å². The molecule has 0 aliphatic heterocycles. The third kappa shape index (κ3) is 4.60. The van der Waals surface area contributed by atoms with Crippen molar-refractivity contribution < 1.29 is 5.11 Å². The molecule has 3 unspecified atom stereocenters. The van der Waals surface area contributed by atoms with E-state index in [1.54, 1.807) is 0 Å². The van der Waals surface area contributed by atoms with E-state index in [-0.39, 0.29) is 6.04 Å². The van der Waals surface area contributed by atoms with E-state index in [0.29, 0.717) is 6.04 Å². The van der Waals surface area contributed by atoms with Gasteiger partial charge in [-0.25, -0.2) is 0 Å². The molecule has 0 spiro atoms. The highest BCUT2D eigenvalue weighted by molar-refractivity contribution is 5.18. The summed E-state index contributed by atoms with van der Waals surface area (Å²) in [5, 5.41) is 10.5. The van der Waals surface area contributed by atoms with Crippen LogP contribution in [0.2, 0.25) is 0 Å². The summed E-state index contributed by atoms with van der Waals surface area (Å²) in [6, 6.07) is 10.5. The number of hydrogen-bond donors (Lipinski definition) is 1. The van der Waals surface area contributed by atoms with Gasteiger partial charge in [0.2, 0.25) is 0 Å². The van der Waals surface area contributed by atoms with Crippen molar-refractivity contribution in [3.05, 3.63) is 35.9 Å². The Morgan fingerprint density at radius 2 is 1.68 bits per heavy atom. The molecule has 19 heavy (non-hydrogen) atoms.